The molecule has 1 aromatic heterocycles. The van der Waals surface area contributed by atoms with Gasteiger partial charge in [0.2, 0.25) is 10.0 Å². The van der Waals surface area contributed by atoms with E-state index in [1.165, 1.54) is 12.1 Å². The lowest BCUT2D eigenvalue weighted by Gasteiger charge is -2.12. The number of primary sulfonamides is 1. The van der Waals surface area contributed by atoms with Gasteiger partial charge >= 0.3 is 0 Å². The molecule has 0 bridgehead atoms. The van der Waals surface area contributed by atoms with Crippen molar-refractivity contribution in [2.24, 2.45) is 5.14 Å². The Balaban J connectivity index is 1.72. The maximum atomic E-state index is 11.3. The number of nitrogens with one attached hydrogen (secondary N) is 2. The third kappa shape index (κ3) is 5.13. The number of nitrogens with zero attached hydrogens (tertiary/aromatic N) is 2. The SMILES string of the molecule is Cc1nn(Cc2ccccc2Cl)c(C)c1NC(=S)Nc1ccc(S(N)(=O)=O)cc1. The second-order valence-electron chi connectivity index (χ2n) is 6.44. The van der Waals surface area contributed by atoms with Gasteiger partial charge in [-0.1, -0.05) is 29.8 Å². The normalized spacial score (nSPS) is 11.3. The monoisotopic (exact) mass is 449 g/mol. The lowest BCUT2D eigenvalue weighted by molar-refractivity contribution is 0.598. The van der Waals surface area contributed by atoms with Crippen LogP contribution in [0.1, 0.15) is 17.0 Å². The van der Waals surface area contributed by atoms with Gasteiger partial charge in [0.05, 0.1) is 28.5 Å². The van der Waals surface area contributed by atoms with Crippen molar-refractivity contribution in [2.45, 2.75) is 25.3 Å². The molecule has 0 saturated heterocycles. The summed E-state index contributed by atoms with van der Waals surface area (Å²) in [7, 11) is -3.73. The van der Waals surface area contributed by atoms with Crippen molar-refractivity contribution in [1.82, 2.24) is 9.78 Å². The van der Waals surface area contributed by atoms with Crippen molar-refractivity contribution in [3.63, 3.8) is 0 Å². The minimum atomic E-state index is -3.73. The van der Waals surface area contributed by atoms with Crippen LogP contribution in [0.25, 0.3) is 0 Å². The highest BCUT2D eigenvalue weighted by Crippen LogP contribution is 2.23. The van der Waals surface area contributed by atoms with Gasteiger partial charge in [0.15, 0.2) is 5.11 Å². The van der Waals surface area contributed by atoms with Gasteiger partial charge in [-0.15, -0.1) is 0 Å². The lowest BCUT2D eigenvalue weighted by Crippen LogP contribution is -2.20. The van der Waals surface area contributed by atoms with E-state index in [9.17, 15) is 8.42 Å². The zero-order valence-electron chi connectivity index (χ0n) is 15.8. The predicted octanol–water partition coefficient (Wildman–Crippen LogP) is 3.66. The summed E-state index contributed by atoms with van der Waals surface area (Å²) >= 11 is 11.6. The molecule has 0 aliphatic carbocycles. The zero-order valence-corrected chi connectivity index (χ0v) is 18.2. The second-order valence-corrected chi connectivity index (χ2v) is 8.82. The molecule has 2 aromatic carbocycles. The standard InChI is InChI=1S/C19H20ClN5O2S2/c1-12-18(13(2)25(24-12)11-14-5-3-4-6-17(14)20)23-19(28)22-15-7-9-16(10-8-15)29(21,26)27/h3-10H,11H2,1-2H3,(H2,21,26,27)(H2,22,23,28). The molecule has 0 radical (unpaired) electrons. The molecule has 0 amide bonds. The van der Waals surface area contributed by atoms with Gasteiger partial charge in [-0.05, 0) is 62.0 Å². The Kier molecular flexibility index (Phi) is 6.23. The van der Waals surface area contributed by atoms with Crippen LogP contribution in [0.15, 0.2) is 53.4 Å². The van der Waals surface area contributed by atoms with E-state index in [0.29, 0.717) is 22.4 Å². The molecule has 7 nitrogen and oxygen atoms in total. The first-order valence-electron chi connectivity index (χ1n) is 8.63. The van der Waals surface area contributed by atoms with Crippen LogP contribution in [-0.4, -0.2) is 23.3 Å². The molecule has 0 spiro atoms. The van der Waals surface area contributed by atoms with Gasteiger partial charge in [-0.2, -0.15) is 5.10 Å². The van der Waals surface area contributed by atoms with Crippen LogP contribution in [0, 0.1) is 13.8 Å². The molecule has 0 unspecified atom stereocenters. The van der Waals surface area contributed by atoms with Gasteiger partial charge < -0.3 is 10.6 Å². The average Bonchev–Trinajstić information content (AvgIpc) is 2.91. The number of sulfonamides is 1. The third-order valence-corrected chi connectivity index (χ3v) is 5.84. The molecular formula is C19H20ClN5O2S2. The zero-order chi connectivity index (χ0) is 21.2. The Morgan fingerprint density at radius 3 is 2.41 bits per heavy atom. The number of anilines is 2. The highest BCUT2D eigenvalue weighted by molar-refractivity contribution is 7.89. The van der Waals surface area contributed by atoms with E-state index >= 15 is 0 Å². The molecule has 0 fully saturated rings. The second kappa shape index (κ2) is 8.50. The van der Waals surface area contributed by atoms with Gasteiger partial charge in [0, 0.05) is 10.7 Å². The molecule has 0 saturated carbocycles. The highest BCUT2D eigenvalue weighted by Gasteiger charge is 2.14. The maximum absolute atomic E-state index is 11.3. The minimum Gasteiger partial charge on any atom is -0.332 e. The highest BCUT2D eigenvalue weighted by atomic mass is 35.5. The third-order valence-electron chi connectivity index (χ3n) is 4.34. The molecule has 3 rings (SSSR count). The summed E-state index contributed by atoms with van der Waals surface area (Å²) in [4.78, 5) is 0.0365. The Labute approximate surface area is 179 Å². The first-order valence-corrected chi connectivity index (χ1v) is 11.0. The topological polar surface area (TPSA) is 102 Å². The summed E-state index contributed by atoms with van der Waals surface area (Å²) in [5.41, 5.74) is 4.12. The Hall–Kier alpha value is -2.46. The average molecular weight is 450 g/mol. The van der Waals surface area contributed by atoms with Crippen LogP contribution in [0.5, 0.6) is 0 Å². The summed E-state index contributed by atoms with van der Waals surface area (Å²) in [5.74, 6) is 0. The fourth-order valence-electron chi connectivity index (χ4n) is 2.82. The van der Waals surface area contributed by atoms with Crippen LogP contribution >= 0.6 is 23.8 Å². The van der Waals surface area contributed by atoms with Crippen molar-refractivity contribution in [1.29, 1.82) is 0 Å². The first kappa shape index (κ1) is 21.3. The molecule has 0 atom stereocenters. The first-order chi connectivity index (χ1) is 13.6. The number of aryl methyl sites for hydroxylation is 1. The van der Waals surface area contributed by atoms with E-state index < -0.39 is 10.0 Å². The smallest absolute Gasteiger partial charge is 0.238 e. The lowest BCUT2D eigenvalue weighted by atomic mass is 10.2. The summed E-state index contributed by atoms with van der Waals surface area (Å²) in [6.45, 7) is 4.38. The summed E-state index contributed by atoms with van der Waals surface area (Å²) in [6, 6.07) is 13.6. The summed E-state index contributed by atoms with van der Waals surface area (Å²) < 4.78 is 24.5. The largest absolute Gasteiger partial charge is 0.332 e. The van der Waals surface area contributed by atoms with Gasteiger partial charge in [-0.3, -0.25) is 4.68 Å². The molecule has 3 aromatic rings. The van der Waals surface area contributed by atoms with Crippen molar-refractivity contribution in [3.8, 4) is 0 Å². The fraction of sp³-hybridized carbons (Fsp3) is 0.158. The number of hydrogen-bond acceptors (Lipinski definition) is 4. The van der Waals surface area contributed by atoms with Gasteiger partial charge in [-0.25, -0.2) is 13.6 Å². The quantitative estimate of drug-likeness (QED) is 0.514. The number of rotatable bonds is 5. The number of nitrogens with two attached hydrogens (primary N) is 1. The van der Waals surface area contributed by atoms with E-state index in [0.717, 1.165) is 22.6 Å². The molecule has 4 N–H and O–H groups in total. The van der Waals surface area contributed by atoms with Gasteiger partial charge in [0.25, 0.3) is 0 Å². The van der Waals surface area contributed by atoms with E-state index in [1.54, 1.807) is 12.1 Å². The van der Waals surface area contributed by atoms with E-state index in [4.69, 9.17) is 29.0 Å². The molecule has 1 heterocycles. The number of halogens is 1. The molecule has 0 aliphatic rings. The molecule has 152 valence electrons. The molecule has 29 heavy (non-hydrogen) atoms. The molecule has 10 heteroatoms. The van der Waals surface area contributed by atoms with Crippen molar-refractivity contribution >= 4 is 50.3 Å². The van der Waals surface area contributed by atoms with E-state index in [2.05, 4.69) is 15.7 Å². The minimum absolute atomic E-state index is 0.0365. The van der Waals surface area contributed by atoms with Crippen molar-refractivity contribution < 1.29 is 8.42 Å². The van der Waals surface area contributed by atoms with Crippen LogP contribution in [-0.2, 0) is 16.6 Å². The predicted molar refractivity (Wildman–Crippen MR) is 120 cm³/mol. The Morgan fingerprint density at radius 1 is 1.14 bits per heavy atom. The van der Waals surface area contributed by atoms with Crippen LogP contribution in [0.4, 0.5) is 11.4 Å². The Morgan fingerprint density at radius 2 is 1.79 bits per heavy atom. The number of aromatic nitrogens is 2. The van der Waals surface area contributed by atoms with Crippen molar-refractivity contribution in [2.75, 3.05) is 10.6 Å². The summed E-state index contributed by atoms with van der Waals surface area (Å²) in [6.07, 6.45) is 0. The van der Waals surface area contributed by atoms with Gasteiger partial charge in [0.1, 0.15) is 0 Å². The van der Waals surface area contributed by atoms with Crippen LogP contribution in [0.2, 0.25) is 5.02 Å². The van der Waals surface area contributed by atoms with Crippen LogP contribution in [0.3, 0.4) is 0 Å². The van der Waals surface area contributed by atoms with Crippen LogP contribution < -0.4 is 15.8 Å². The molecule has 0 aliphatic heterocycles. The summed E-state index contributed by atoms with van der Waals surface area (Å²) in [5, 5.41) is 16.9. The van der Waals surface area contributed by atoms with Crippen molar-refractivity contribution in [3.05, 3.63) is 70.5 Å². The Bertz CT molecular complexity index is 1160. The van der Waals surface area contributed by atoms with E-state index in [-0.39, 0.29) is 4.90 Å². The maximum Gasteiger partial charge on any atom is 0.238 e. The number of benzene rings is 2. The number of thiocarbonyl (C=S) groups is 1. The van der Waals surface area contributed by atoms with E-state index in [1.807, 2.05) is 42.8 Å². The molecular weight excluding hydrogens is 430 g/mol. The number of hydrogen-bond donors (Lipinski definition) is 3. The fourth-order valence-corrected chi connectivity index (χ4v) is 3.75.